The number of halogens is 1. The lowest BCUT2D eigenvalue weighted by Crippen LogP contribution is -2.36. The van der Waals surface area contributed by atoms with Crippen LogP contribution in [0, 0.1) is 5.82 Å². The Morgan fingerprint density at radius 2 is 1.50 bits per heavy atom. The first kappa shape index (κ1) is 12.2. The van der Waals surface area contributed by atoms with Crippen LogP contribution in [0.15, 0.2) is 48.5 Å². The summed E-state index contributed by atoms with van der Waals surface area (Å²) >= 11 is 0. The van der Waals surface area contributed by atoms with E-state index in [9.17, 15) is 18.8 Å². The molecule has 0 bridgehead atoms. The second kappa shape index (κ2) is 4.38. The molecule has 1 heterocycles. The number of benzene rings is 2. The molecule has 0 aliphatic carbocycles. The molecule has 0 fully saturated rings. The molecule has 3 rings (SSSR count). The van der Waals surface area contributed by atoms with E-state index in [0.29, 0.717) is 4.90 Å². The van der Waals surface area contributed by atoms with Crippen molar-refractivity contribution >= 4 is 17.7 Å². The van der Waals surface area contributed by atoms with E-state index in [1.165, 1.54) is 30.3 Å². The summed E-state index contributed by atoms with van der Waals surface area (Å²) in [5.41, 5.74) is 0.323. The van der Waals surface area contributed by atoms with Crippen molar-refractivity contribution in [2.24, 2.45) is 0 Å². The Labute approximate surface area is 113 Å². The van der Waals surface area contributed by atoms with Gasteiger partial charge in [-0.3, -0.25) is 14.4 Å². The molecule has 0 spiro atoms. The molecule has 1 aliphatic rings. The van der Waals surface area contributed by atoms with Gasteiger partial charge in [0.1, 0.15) is 5.82 Å². The fourth-order valence-electron chi connectivity index (χ4n) is 2.12. The first-order valence-corrected chi connectivity index (χ1v) is 5.87. The fraction of sp³-hybridized carbons (Fsp3) is 0. The largest absolute Gasteiger partial charge is 0.268 e. The molecule has 2 aromatic rings. The predicted molar refractivity (Wildman–Crippen MR) is 67.7 cm³/mol. The number of carbonyl (C=O) groups excluding carboxylic acids is 3. The highest BCUT2D eigenvalue weighted by atomic mass is 19.1. The number of carbonyl (C=O) groups is 3. The number of rotatable bonds is 1. The first-order chi connectivity index (χ1) is 9.59. The fourth-order valence-corrected chi connectivity index (χ4v) is 2.12. The molecular formula is C15H8FNO3. The second-order valence-corrected chi connectivity index (χ2v) is 4.31. The van der Waals surface area contributed by atoms with Crippen molar-refractivity contribution in [2.75, 3.05) is 0 Å². The zero-order chi connectivity index (χ0) is 14.3. The standard InChI is InChI=1S/C15H8FNO3/c16-10-5-3-4-9(8-10)13(18)17-14(19)11-6-1-2-7-12(11)15(17)20/h1-8H. The van der Waals surface area contributed by atoms with Crippen LogP contribution in [0.1, 0.15) is 31.1 Å². The maximum Gasteiger partial charge on any atom is 0.268 e. The van der Waals surface area contributed by atoms with Crippen molar-refractivity contribution < 1.29 is 18.8 Å². The molecule has 0 saturated heterocycles. The third-order valence-electron chi connectivity index (χ3n) is 3.07. The van der Waals surface area contributed by atoms with Crippen molar-refractivity contribution in [3.05, 3.63) is 71.0 Å². The summed E-state index contributed by atoms with van der Waals surface area (Å²) in [6, 6.07) is 11.1. The molecule has 0 atom stereocenters. The van der Waals surface area contributed by atoms with Gasteiger partial charge >= 0.3 is 0 Å². The summed E-state index contributed by atoms with van der Waals surface area (Å²) < 4.78 is 13.1. The maximum absolute atomic E-state index is 13.1. The van der Waals surface area contributed by atoms with Crippen LogP contribution < -0.4 is 0 Å². The molecule has 4 nitrogen and oxygen atoms in total. The van der Waals surface area contributed by atoms with Gasteiger partial charge in [-0.1, -0.05) is 18.2 Å². The molecule has 3 amide bonds. The van der Waals surface area contributed by atoms with Crippen LogP contribution in [0.2, 0.25) is 0 Å². The summed E-state index contributed by atoms with van der Waals surface area (Å²) in [6.45, 7) is 0. The Balaban J connectivity index is 2.03. The van der Waals surface area contributed by atoms with Gasteiger partial charge in [0.25, 0.3) is 17.7 Å². The van der Waals surface area contributed by atoms with E-state index in [2.05, 4.69) is 0 Å². The van der Waals surface area contributed by atoms with E-state index in [-0.39, 0.29) is 16.7 Å². The van der Waals surface area contributed by atoms with Gasteiger partial charge < -0.3 is 0 Å². The van der Waals surface area contributed by atoms with Crippen LogP contribution in [0.3, 0.4) is 0 Å². The molecule has 0 saturated carbocycles. The zero-order valence-electron chi connectivity index (χ0n) is 10.2. The highest BCUT2D eigenvalue weighted by Gasteiger charge is 2.39. The number of fused-ring (bicyclic) bond motifs is 1. The zero-order valence-corrected chi connectivity index (χ0v) is 10.2. The summed E-state index contributed by atoms with van der Waals surface area (Å²) in [6.07, 6.45) is 0. The highest BCUT2D eigenvalue weighted by molar-refractivity contribution is 6.31. The smallest absolute Gasteiger partial charge is 0.268 e. The average Bonchev–Trinajstić information content (AvgIpc) is 2.71. The van der Waals surface area contributed by atoms with Gasteiger partial charge in [-0.05, 0) is 30.3 Å². The molecule has 1 aliphatic heterocycles. The topological polar surface area (TPSA) is 54.5 Å². The second-order valence-electron chi connectivity index (χ2n) is 4.31. The third kappa shape index (κ3) is 1.72. The van der Waals surface area contributed by atoms with Gasteiger partial charge in [0.2, 0.25) is 0 Å². The van der Waals surface area contributed by atoms with Crippen LogP contribution >= 0.6 is 0 Å². The Morgan fingerprint density at radius 1 is 0.900 bits per heavy atom. The van der Waals surface area contributed by atoms with Crippen molar-refractivity contribution in [3.8, 4) is 0 Å². The molecule has 2 aromatic carbocycles. The first-order valence-electron chi connectivity index (χ1n) is 5.87. The summed E-state index contributed by atoms with van der Waals surface area (Å²) in [7, 11) is 0. The number of amides is 3. The van der Waals surface area contributed by atoms with E-state index in [4.69, 9.17) is 0 Å². The monoisotopic (exact) mass is 269 g/mol. The molecule has 0 radical (unpaired) electrons. The third-order valence-corrected chi connectivity index (χ3v) is 3.07. The molecule has 98 valence electrons. The normalized spacial score (nSPS) is 13.6. The van der Waals surface area contributed by atoms with E-state index in [1.807, 2.05) is 0 Å². The Kier molecular flexibility index (Phi) is 2.68. The van der Waals surface area contributed by atoms with E-state index >= 15 is 0 Å². The van der Waals surface area contributed by atoms with Crippen LogP contribution in [-0.2, 0) is 0 Å². The van der Waals surface area contributed by atoms with Gasteiger partial charge in [-0.15, -0.1) is 0 Å². The summed E-state index contributed by atoms with van der Waals surface area (Å²) in [5, 5.41) is 0. The molecule has 0 unspecified atom stereocenters. The van der Waals surface area contributed by atoms with Crippen molar-refractivity contribution in [1.29, 1.82) is 0 Å². The number of imide groups is 3. The predicted octanol–water partition coefficient (Wildman–Crippen LogP) is 2.26. The molecule has 5 heteroatoms. The van der Waals surface area contributed by atoms with Gasteiger partial charge in [0, 0.05) is 5.56 Å². The maximum atomic E-state index is 13.1. The molecular weight excluding hydrogens is 261 g/mol. The van der Waals surface area contributed by atoms with Gasteiger partial charge in [0.15, 0.2) is 0 Å². The average molecular weight is 269 g/mol. The van der Waals surface area contributed by atoms with Crippen molar-refractivity contribution in [1.82, 2.24) is 4.90 Å². The number of nitrogens with zero attached hydrogens (tertiary/aromatic N) is 1. The summed E-state index contributed by atoms with van der Waals surface area (Å²) in [4.78, 5) is 36.9. The minimum Gasteiger partial charge on any atom is -0.268 e. The lowest BCUT2D eigenvalue weighted by atomic mass is 10.1. The molecule has 0 aromatic heterocycles. The molecule has 20 heavy (non-hydrogen) atoms. The Bertz CT molecular complexity index is 719. The van der Waals surface area contributed by atoms with Crippen LogP contribution in [0.4, 0.5) is 4.39 Å². The lowest BCUT2D eigenvalue weighted by Gasteiger charge is -2.11. The minimum absolute atomic E-state index is 0.0421. The van der Waals surface area contributed by atoms with Crippen LogP contribution in [-0.4, -0.2) is 22.6 Å². The van der Waals surface area contributed by atoms with E-state index < -0.39 is 23.5 Å². The summed E-state index contributed by atoms with van der Waals surface area (Å²) in [5.74, 6) is -2.79. The number of hydrogen-bond acceptors (Lipinski definition) is 3. The van der Waals surface area contributed by atoms with Gasteiger partial charge in [0.05, 0.1) is 11.1 Å². The Morgan fingerprint density at radius 3 is 2.05 bits per heavy atom. The van der Waals surface area contributed by atoms with Gasteiger partial charge in [-0.25, -0.2) is 9.29 Å². The molecule has 0 N–H and O–H groups in total. The minimum atomic E-state index is -0.823. The van der Waals surface area contributed by atoms with Crippen molar-refractivity contribution in [2.45, 2.75) is 0 Å². The van der Waals surface area contributed by atoms with E-state index in [1.54, 1.807) is 12.1 Å². The highest BCUT2D eigenvalue weighted by Crippen LogP contribution is 2.24. The van der Waals surface area contributed by atoms with Crippen LogP contribution in [0.25, 0.3) is 0 Å². The van der Waals surface area contributed by atoms with Crippen LogP contribution in [0.5, 0.6) is 0 Å². The van der Waals surface area contributed by atoms with Gasteiger partial charge in [-0.2, -0.15) is 0 Å². The quantitative estimate of drug-likeness (QED) is 0.746. The lowest BCUT2D eigenvalue weighted by molar-refractivity contribution is 0.0566. The Hall–Kier alpha value is -2.82. The van der Waals surface area contributed by atoms with E-state index in [0.717, 1.165) is 6.07 Å². The van der Waals surface area contributed by atoms with Crippen molar-refractivity contribution in [3.63, 3.8) is 0 Å². The SMILES string of the molecule is O=C(c1cccc(F)c1)N1C(=O)c2ccccc2C1=O. The number of hydrogen-bond donors (Lipinski definition) is 0.